The third-order valence-electron chi connectivity index (χ3n) is 3.53. The molecular weight excluding hydrogens is 226 g/mol. The Kier molecular flexibility index (Phi) is 4.42. The average Bonchev–Trinajstić information content (AvgIpc) is 2.40. The molecule has 1 aliphatic heterocycles. The van der Waals surface area contributed by atoms with Crippen molar-refractivity contribution in [2.45, 2.75) is 32.7 Å². The number of aromatic nitrogens is 1. The Labute approximate surface area is 109 Å². The van der Waals surface area contributed by atoms with E-state index in [2.05, 4.69) is 23.7 Å². The Hall–Kier alpha value is -1.29. The summed E-state index contributed by atoms with van der Waals surface area (Å²) in [6.07, 6.45) is 3.94. The van der Waals surface area contributed by atoms with Crippen molar-refractivity contribution in [3.8, 4) is 5.75 Å². The molecule has 1 saturated heterocycles. The highest BCUT2D eigenvalue weighted by atomic mass is 16.5. The lowest BCUT2D eigenvalue weighted by atomic mass is 9.94. The first-order valence-corrected chi connectivity index (χ1v) is 6.80. The van der Waals surface area contributed by atoms with E-state index >= 15 is 0 Å². The van der Waals surface area contributed by atoms with Gasteiger partial charge in [-0.2, -0.15) is 0 Å². The second-order valence-electron chi connectivity index (χ2n) is 5.05. The summed E-state index contributed by atoms with van der Waals surface area (Å²) < 4.78 is 5.76. The van der Waals surface area contributed by atoms with E-state index in [9.17, 15) is 0 Å². The second kappa shape index (κ2) is 6.05. The van der Waals surface area contributed by atoms with Gasteiger partial charge in [0.15, 0.2) is 11.6 Å². The first-order valence-electron chi connectivity index (χ1n) is 6.80. The molecule has 0 radical (unpaired) electrons. The molecule has 100 valence electrons. The third kappa shape index (κ3) is 2.93. The van der Waals surface area contributed by atoms with Crippen LogP contribution >= 0.6 is 0 Å². The Balaban J connectivity index is 2.12. The van der Waals surface area contributed by atoms with Crippen LogP contribution in [0.25, 0.3) is 0 Å². The molecule has 2 unspecified atom stereocenters. The van der Waals surface area contributed by atoms with Crippen LogP contribution in [0.5, 0.6) is 5.75 Å². The van der Waals surface area contributed by atoms with E-state index < -0.39 is 0 Å². The van der Waals surface area contributed by atoms with Crippen molar-refractivity contribution in [3.05, 3.63) is 18.3 Å². The summed E-state index contributed by atoms with van der Waals surface area (Å²) in [6, 6.07) is 4.13. The zero-order chi connectivity index (χ0) is 13.0. The standard InChI is InChI=1S/C14H23N3O/c1-3-9-18-13-5-4-7-16-14(13)17-8-6-11(2)12(15)10-17/h4-5,7,11-12H,3,6,8-10,15H2,1-2H3. The lowest BCUT2D eigenvalue weighted by Crippen LogP contribution is -2.48. The van der Waals surface area contributed by atoms with Gasteiger partial charge in [-0.1, -0.05) is 13.8 Å². The van der Waals surface area contributed by atoms with Crippen molar-refractivity contribution in [2.75, 3.05) is 24.6 Å². The van der Waals surface area contributed by atoms with Crippen molar-refractivity contribution in [2.24, 2.45) is 11.7 Å². The van der Waals surface area contributed by atoms with Crippen molar-refractivity contribution < 1.29 is 4.74 Å². The Morgan fingerprint density at radius 2 is 2.39 bits per heavy atom. The fraction of sp³-hybridized carbons (Fsp3) is 0.643. The molecule has 0 saturated carbocycles. The van der Waals surface area contributed by atoms with Crippen LogP contribution < -0.4 is 15.4 Å². The van der Waals surface area contributed by atoms with E-state index in [1.807, 2.05) is 18.3 Å². The fourth-order valence-corrected chi connectivity index (χ4v) is 2.24. The summed E-state index contributed by atoms with van der Waals surface area (Å²) in [6.45, 7) is 6.92. The number of piperidine rings is 1. The van der Waals surface area contributed by atoms with E-state index in [1.165, 1.54) is 0 Å². The molecule has 4 nitrogen and oxygen atoms in total. The fourth-order valence-electron chi connectivity index (χ4n) is 2.24. The van der Waals surface area contributed by atoms with Crippen molar-refractivity contribution in [3.63, 3.8) is 0 Å². The predicted octanol–water partition coefficient (Wildman–Crippen LogP) is 2.04. The van der Waals surface area contributed by atoms with E-state index in [-0.39, 0.29) is 6.04 Å². The maximum atomic E-state index is 6.15. The number of pyridine rings is 1. The average molecular weight is 249 g/mol. The maximum absolute atomic E-state index is 6.15. The zero-order valence-electron chi connectivity index (χ0n) is 11.3. The number of anilines is 1. The van der Waals surface area contributed by atoms with Crippen LogP contribution in [0.4, 0.5) is 5.82 Å². The van der Waals surface area contributed by atoms with Gasteiger partial charge in [-0.15, -0.1) is 0 Å². The van der Waals surface area contributed by atoms with Gasteiger partial charge in [-0.05, 0) is 30.9 Å². The summed E-state index contributed by atoms with van der Waals surface area (Å²) in [5.41, 5.74) is 6.15. The van der Waals surface area contributed by atoms with Crippen LogP contribution in [-0.2, 0) is 0 Å². The van der Waals surface area contributed by atoms with Crippen LogP contribution in [0.15, 0.2) is 18.3 Å². The molecule has 2 heterocycles. The number of hydrogen-bond acceptors (Lipinski definition) is 4. The summed E-state index contributed by atoms with van der Waals surface area (Å²) in [5, 5.41) is 0. The highest BCUT2D eigenvalue weighted by Gasteiger charge is 2.25. The molecule has 2 N–H and O–H groups in total. The number of ether oxygens (including phenoxy) is 1. The summed E-state index contributed by atoms with van der Waals surface area (Å²) in [7, 11) is 0. The first kappa shape index (κ1) is 13.1. The van der Waals surface area contributed by atoms with Gasteiger partial charge in [-0.25, -0.2) is 4.98 Å². The molecule has 0 spiro atoms. The topological polar surface area (TPSA) is 51.4 Å². The highest BCUT2D eigenvalue weighted by molar-refractivity contribution is 5.52. The monoisotopic (exact) mass is 249 g/mol. The predicted molar refractivity (Wildman–Crippen MR) is 74.0 cm³/mol. The van der Waals surface area contributed by atoms with Gasteiger partial charge in [-0.3, -0.25) is 0 Å². The van der Waals surface area contributed by atoms with E-state index in [0.717, 1.165) is 44.1 Å². The van der Waals surface area contributed by atoms with Gasteiger partial charge in [0.05, 0.1) is 6.61 Å². The van der Waals surface area contributed by atoms with Gasteiger partial charge < -0.3 is 15.4 Å². The van der Waals surface area contributed by atoms with Crippen LogP contribution in [0, 0.1) is 5.92 Å². The minimum atomic E-state index is 0.222. The van der Waals surface area contributed by atoms with Gasteiger partial charge in [0, 0.05) is 25.3 Å². The van der Waals surface area contributed by atoms with E-state index in [4.69, 9.17) is 10.5 Å². The van der Waals surface area contributed by atoms with Crippen molar-refractivity contribution in [1.29, 1.82) is 0 Å². The molecule has 4 heteroatoms. The maximum Gasteiger partial charge on any atom is 0.171 e. The van der Waals surface area contributed by atoms with Crippen molar-refractivity contribution in [1.82, 2.24) is 4.98 Å². The zero-order valence-corrected chi connectivity index (χ0v) is 11.3. The number of nitrogens with two attached hydrogens (primary N) is 1. The third-order valence-corrected chi connectivity index (χ3v) is 3.53. The quantitative estimate of drug-likeness (QED) is 0.887. The molecule has 0 aliphatic carbocycles. The van der Waals surface area contributed by atoms with Crippen LogP contribution in [0.3, 0.4) is 0 Å². The number of hydrogen-bond donors (Lipinski definition) is 1. The summed E-state index contributed by atoms with van der Waals surface area (Å²) in [5.74, 6) is 2.40. The molecule has 1 aliphatic rings. The van der Waals surface area contributed by atoms with E-state index in [0.29, 0.717) is 5.92 Å². The lowest BCUT2D eigenvalue weighted by molar-refractivity contribution is 0.313. The molecule has 0 amide bonds. The number of nitrogens with zero attached hydrogens (tertiary/aromatic N) is 2. The van der Waals surface area contributed by atoms with Gasteiger partial charge in [0.1, 0.15) is 0 Å². The lowest BCUT2D eigenvalue weighted by Gasteiger charge is -2.36. The normalized spacial score (nSPS) is 24.1. The molecule has 2 rings (SSSR count). The highest BCUT2D eigenvalue weighted by Crippen LogP contribution is 2.28. The molecule has 1 fully saturated rings. The smallest absolute Gasteiger partial charge is 0.171 e. The van der Waals surface area contributed by atoms with Crippen molar-refractivity contribution >= 4 is 5.82 Å². The molecule has 1 aromatic heterocycles. The second-order valence-corrected chi connectivity index (χ2v) is 5.05. The molecule has 2 atom stereocenters. The number of rotatable bonds is 4. The molecule has 0 aromatic carbocycles. The molecule has 0 bridgehead atoms. The first-order chi connectivity index (χ1) is 8.72. The minimum absolute atomic E-state index is 0.222. The van der Waals surface area contributed by atoms with Gasteiger partial charge in [0.2, 0.25) is 0 Å². The molecule has 18 heavy (non-hydrogen) atoms. The summed E-state index contributed by atoms with van der Waals surface area (Å²) in [4.78, 5) is 6.71. The van der Waals surface area contributed by atoms with Gasteiger partial charge >= 0.3 is 0 Å². The SMILES string of the molecule is CCCOc1cccnc1N1CCC(C)C(N)C1. The largest absolute Gasteiger partial charge is 0.490 e. The minimum Gasteiger partial charge on any atom is -0.490 e. The van der Waals surface area contributed by atoms with Gasteiger partial charge in [0.25, 0.3) is 0 Å². The van der Waals surface area contributed by atoms with Crippen LogP contribution in [0.1, 0.15) is 26.7 Å². The molecular formula is C14H23N3O. The summed E-state index contributed by atoms with van der Waals surface area (Å²) >= 11 is 0. The Bertz CT molecular complexity index is 383. The van der Waals surface area contributed by atoms with Crippen LogP contribution in [-0.4, -0.2) is 30.7 Å². The van der Waals surface area contributed by atoms with E-state index in [1.54, 1.807) is 0 Å². The Morgan fingerprint density at radius 3 is 3.11 bits per heavy atom. The Morgan fingerprint density at radius 1 is 1.56 bits per heavy atom. The van der Waals surface area contributed by atoms with Crippen LogP contribution in [0.2, 0.25) is 0 Å². The molecule has 1 aromatic rings.